The molecule has 0 amide bonds. The second-order valence-electron chi connectivity index (χ2n) is 5.72. The van der Waals surface area contributed by atoms with Crippen LogP contribution in [0.4, 0.5) is 5.95 Å². The zero-order valence-corrected chi connectivity index (χ0v) is 15.8. The van der Waals surface area contributed by atoms with Gasteiger partial charge >= 0.3 is 0 Å². The minimum Gasteiger partial charge on any atom is -0.489 e. The first-order valence-corrected chi connectivity index (χ1v) is 9.07. The van der Waals surface area contributed by atoms with Crippen LogP contribution < -0.4 is 10.1 Å². The van der Waals surface area contributed by atoms with Crippen LogP contribution in [0, 0.1) is 0 Å². The van der Waals surface area contributed by atoms with Gasteiger partial charge < -0.3 is 10.1 Å². The van der Waals surface area contributed by atoms with Gasteiger partial charge in [-0.2, -0.15) is 0 Å². The summed E-state index contributed by atoms with van der Waals surface area (Å²) in [5.74, 6) is 1.40. The number of rotatable bonds is 8. The smallest absolute Gasteiger partial charge is 0.243 e. The molecule has 0 fully saturated rings. The van der Waals surface area contributed by atoms with E-state index < -0.39 is 0 Å². The molecule has 0 radical (unpaired) electrons. The van der Waals surface area contributed by atoms with Crippen molar-refractivity contribution in [1.29, 1.82) is 0 Å². The minimum absolute atomic E-state index is 0.310. The van der Waals surface area contributed by atoms with Crippen LogP contribution in [0.1, 0.15) is 24.5 Å². The quantitative estimate of drug-likeness (QED) is 0.608. The Kier molecular flexibility index (Phi) is 6.30. The molecular weight excluding hydrogens is 373 g/mol. The standard InChI is InChI=1S/C18H19Cl2N5O/c1-2-9-25-18(22-23-24-25)21-11-13-5-3-6-14(10-13)26-12-15-16(19)7-4-8-17(15)20/h3-8,10H,2,9,11-12H2,1H3,(H,21,22,24). The summed E-state index contributed by atoms with van der Waals surface area (Å²) in [6.45, 7) is 3.76. The minimum atomic E-state index is 0.310. The average molecular weight is 392 g/mol. The fraction of sp³-hybridized carbons (Fsp3) is 0.278. The van der Waals surface area contributed by atoms with Crippen molar-refractivity contribution < 1.29 is 4.74 Å². The summed E-state index contributed by atoms with van der Waals surface area (Å²) in [6.07, 6.45) is 0.966. The Labute approximate surface area is 162 Å². The van der Waals surface area contributed by atoms with Crippen molar-refractivity contribution in [3.63, 3.8) is 0 Å². The number of hydrogen-bond acceptors (Lipinski definition) is 5. The van der Waals surface area contributed by atoms with Crippen molar-refractivity contribution in [3.05, 3.63) is 63.6 Å². The number of benzene rings is 2. The summed E-state index contributed by atoms with van der Waals surface area (Å²) in [6, 6.07) is 13.2. The summed E-state index contributed by atoms with van der Waals surface area (Å²) in [5, 5.41) is 16.1. The third kappa shape index (κ3) is 4.65. The SMILES string of the molecule is CCCn1nnnc1NCc1cccc(OCc2c(Cl)cccc2Cl)c1. The molecular formula is C18H19Cl2N5O. The first kappa shape index (κ1) is 18.5. The van der Waals surface area contributed by atoms with Crippen molar-refractivity contribution >= 4 is 29.2 Å². The molecule has 0 atom stereocenters. The number of tetrazole rings is 1. The Hall–Kier alpha value is -2.31. The number of halogens is 2. The third-order valence-corrected chi connectivity index (χ3v) is 4.47. The lowest BCUT2D eigenvalue weighted by Gasteiger charge is -2.11. The molecule has 0 spiro atoms. The second kappa shape index (κ2) is 8.87. The van der Waals surface area contributed by atoms with Gasteiger partial charge in [0.25, 0.3) is 0 Å². The summed E-state index contributed by atoms with van der Waals surface area (Å²) < 4.78 is 7.60. The van der Waals surface area contributed by atoms with E-state index in [9.17, 15) is 0 Å². The van der Waals surface area contributed by atoms with E-state index in [0.29, 0.717) is 29.1 Å². The number of nitrogens with zero attached hydrogens (tertiary/aromatic N) is 4. The molecule has 0 unspecified atom stereocenters. The zero-order valence-electron chi connectivity index (χ0n) is 14.3. The summed E-state index contributed by atoms with van der Waals surface area (Å²) in [5.41, 5.74) is 1.83. The summed E-state index contributed by atoms with van der Waals surface area (Å²) >= 11 is 12.4. The van der Waals surface area contributed by atoms with Crippen LogP contribution in [0.2, 0.25) is 10.0 Å². The normalized spacial score (nSPS) is 10.7. The maximum Gasteiger partial charge on any atom is 0.243 e. The van der Waals surface area contributed by atoms with Crippen molar-refractivity contribution in [2.75, 3.05) is 5.32 Å². The Morgan fingerprint density at radius 2 is 1.88 bits per heavy atom. The molecule has 3 rings (SSSR count). The van der Waals surface area contributed by atoms with Gasteiger partial charge in [-0.25, -0.2) is 4.68 Å². The van der Waals surface area contributed by atoms with Crippen molar-refractivity contribution in [3.8, 4) is 5.75 Å². The van der Waals surface area contributed by atoms with Crippen molar-refractivity contribution in [2.24, 2.45) is 0 Å². The van der Waals surface area contributed by atoms with Gasteiger partial charge in [0.1, 0.15) is 12.4 Å². The molecule has 1 heterocycles. The molecule has 6 nitrogen and oxygen atoms in total. The van der Waals surface area contributed by atoms with Gasteiger partial charge in [-0.1, -0.05) is 53.4 Å². The zero-order chi connectivity index (χ0) is 18.4. The lowest BCUT2D eigenvalue weighted by atomic mass is 10.2. The van der Waals surface area contributed by atoms with Gasteiger partial charge in [-0.05, 0) is 46.7 Å². The molecule has 8 heteroatoms. The fourth-order valence-corrected chi connectivity index (χ4v) is 2.95. The van der Waals surface area contributed by atoms with E-state index in [1.807, 2.05) is 30.3 Å². The van der Waals surface area contributed by atoms with E-state index >= 15 is 0 Å². The van der Waals surface area contributed by atoms with Crippen LogP contribution in [0.5, 0.6) is 5.75 Å². The Balaban J connectivity index is 1.62. The van der Waals surface area contributed by atoms with E-state index in [-0.39, 0.29) is 0 Å². The maximum absolute atomic E-state index is 6.18. The maximum atomic E-state index is 6.18. The molecule has 0 bridgehead atoms. The molecule has 1 aromatic heterocycles. The number of ether oxygens (including phenoxy) is 1. The summed E-state index contributed by atoms with van der Waals surface area (Å²) in [7, 11) is 0. The van der Waals surface area contributed by atoms with Crippen molar-refractivity contribution in [2.45, 2.75) is 33.0 Å². The van der Waals surface area contributed by atoms with Crippen molar-refractivity contribution in [1.82, 2.24) is 20.2 Å². The molecule has 0 saturated heterocycles. The fourth-order valence-electron chi connectivity index (χ4n) is 2.45. The monoisotopic (exact) mass is 391 g/mol. The summed E-state index contributed by atoms with van der Waals surface area (Å²) in [4.78, 5) is 0. The number of hydrogen-bond donors (Lipinski definition) is 1. The van der Waals surface area contributed by atoms with Crippen LogP contribution >= 0.6 is 23.2 Å². The molecule has 0 aliphatic rings. The molecule has 2 aromatic carbocycles. The molecule has 26 heavy (non-hydrogen) atoms. The van der Waals surface area contributed by atoms with E-state index in [2.05, 4.69) is 27.8 Å². The van der Waals surface area contributed by atoms with Crippen LogP contribution in [-0.2, 0) is 19.7 Å². The van der Waals surface area contributed by atoms with E-state index in [4.69, 9.17) is 27.9 Å². The van der Waals surface area contributed by atoms with Crippen LogP contribution in [0.15, 0.2) is 42.5 Å². The first-order chi connectivity index (χ1) is 12.7. The number of aryl methyl sites for hydroxylation is 1. The van der Waals surface area contributed by atoms with Gasteiger partial charge in [-0.3, -0.25) is 0 Å². The number of anilines is 1. The van der Waals surface area contributed by atoms with E-state index in [1.54, 1.807) is 16.8 Å². The van der Waals surface area contributed by atoms with Gasteiger partial charge in [0.05, 0.1) is 0 Å². The van der Waals surface area contributed by atoms with Crippen LogP contribution in [0.3, 0.4) is 0 Å². The third-order valence-electron chi connectivity index (χ3n) is 3.76. The highest BCUT2D eigenvalue weighted by Gasteiger charge is 2.08. The molecule has 3 aromatic rings. The van der Waals surface area contributed by atoms with Gasteiger partial charge in [-0.15, -0.1) is 0 Å². The Morgan fingerprint density at radius 3 is 2.65 bits per heavy atom. The molecule has 0 aliphatic carbocycles. The molecule has 136 valence electrons. The number of aromatic nitrogens is 4. The van der Waals surface area contributed by atoms with E-state index in [1.165, 1.54) is 0 Å². The molecule has 1 N–H and O–H groups in total. The largest absolute Gasteiger partial charge is 0.489 e. The predicted molar refractivity (Wildman–Crippen MR) is 103 cm³/mol. The highest BCUT2D eigenvalue weighted by atomic mass is 35.5. The molecule has 0 saturated carbocycles. The van der Waals surface area contributed by atoms with Crippen LogP contribution in [-0.4, -0.2) is 20.2 Å². The highest BCUT2D eigenvalue weighted by Crippen LogP contribution is 2.26. The molecule has 0 aliphatic heterocycles. The topological polar surface area (TPSA) is 64.9 Å². The predicted octanol–water partition coefficient (Wildman–Crippen LogP) is 4.58. The van der Waals surface area contributed by atoms with Gasteiger partial charge in [0.2, 0.25) is 5.95 Å². The lowest BCUT2D eigenvalue weighted by Crippen LogP contribution is -2.09. The Morgan fingerprint density at radius 1 is 1.12 bits per heavy atom. The number of nitrogens with one attached hydrogen (secondary N) is 1. The van der Waals surface area contributed by atoms with E-state index in [0.717, 1.165) is 29.8 Å². The average Bonchev–Trinajstić information content (AvgIpc) is 3.07. The highest BCUT2D eigenvalue weighted by molar-refractivity contribution is 6.35. The first-order valence-electron chi connectivity index (χ1n) is 8.32. The van der Waals surface area contributed by atoms with Gasteiger partial charge in [0.15, 0.2) is 0 Å². The lowest BCUT2D eigenvalue weighted by molar-refractivity contribution is 0.306. The van der Waals surface area contributed by atoms with Gasteiger partial charge in [0, 0.05) is 28.7 Å². The Bertz CT molecular complexity index is 848. The second-order valence-corrected chi connectivity index (χ2v) is 6.53. The van der Waals surface area contributed by atoms with Crippen LogP contribution in [0.25, 0.3) is 0 Å².